The van der Waals surface area contributed by atoms with Crippen molar-refractivity contribution in [2.45, 2.75) is 50.5 Å². The van der Waals surface area contributed by atoms with Gasteiger partial charge in [0.25, 0.3) is 0 Å². The van der Waals surface area contributed by atoms with Gasteiger partial charge < -0.3 is 24.8 Å². The van der Waals surface area contributed by atoms with Crippen LogP contribution in [0.15, 0.2) is 54.6 Å². The highest BCUT2D eigenvalue weighted by atomic mass is 16.5. The Morgan fingerprint density at radius 3 is 2.57 bits per heavy atom. The lowest BCUT2D eigenvalue weighted by molar-refractivity contribution is -0.142. The Labute approximate surface area is 209 Å². The monoisotopic (exact) mass is 480 g/mol. The van der Waals surface area contributed by atoms with E-state index in [1.54, 1.807) is 7.11 Å². The maximum Gasteiger partial charge on any atom is 0.225 e. The van der Waals surface area contributed by atoms with Gasteiger partial charge in [0.05, 0.1) is 5.60 Å². The molecule has 4 rings (SSSR count). The van der Waals surface area contributed by atoms with E-state index in [0.717, 1.165) is 69.5 Å². The van der Waals surface area contributed by atoms with Gasteiger partial charge in [-0.05, 0) is 76.2 Å². The first-order chi connectivity index (χ1) is 17.1. The molecule has 0 bridgehead atoms. The molecule has 2 saturated heterocycles. The summed E-state index contributed by atoms with van der Waals surface area (Å²) in [7, 11) is 1.71. The number of nitrogens with zero attached hydrogens (tertiary/aromatic N) is 1. The Morgan fingerprint density at radius 1 is 1.06 bits per heavy atom. The molecule has 6 heteroatoms. The van der Waals surface area contributed by atoms with Crippen LogP contribution in [0.4, 0.5) is 0 Å². The van der Waals surface area contributed by atoms with E-state index in [1.165, 1.54) is 0 Å². The van der Waals surface area contributed by atoms with Gasteiger partial charge in [-0.15, -0.1) is 0 Å². The Morgan fingerprint density at radius 2 is 1.80 bits per heavy atom. The average Bonchev–Trinajstić information content (AvgIpc) is 2.92. The molecule has 0 aliphatic carbocycles. The number of rotatable bonds is 10. The van der Waals surface area contributed by atoms with Crippen molar-refractivity contribution >= 4 is 5.91 Å². The smallest absolute Gasteiger partial charge is 0.225 e. The highest BCUT2D eigenvalue weighted by Crippen LogP contribution is 2.44. The molecule has 0 aromatic heterocycles. The van der Waals surface area contributed by atoms with E-state index in [4.69, 9.17) is 9.47 Å². The van der Waals surface area contributed by atoms with Gasteiger partial charge in [0.1, 0.15) is 11.5 Å². The van der Waals surface area contributed by atoms with Crippen molar-refractivity contribution in [2.24, 2.45) is 11.8 Å². The third-order valence-electron chi connectivity index (χ3n) is 7.58. The van der Waals surface area contributed by atoms with Gasteiger partial charge >= 0.3 is 0 Å². The van der Waals surface area contributed by atoms with Crippen LogP contribution in [0.1, 0.15) is 50.5 Å². The number of unbranched alkanes of at least 4 members (excludes halogenated alkanes) is 1. The summed E-state index contributed by atoms with van der Waals surface area (Å²) in [6, 6.07) is 17.5. The summed E-state index contributed by atoms with van der Waals surface area (Å²) < 4.78 is 11.5. The van der Waals surface area contributed by atoms with Gasteiger partial charge in [-0.1, -0.05) is 36.4 Å². The fourth-order valence-electron chi connectivity index (χ4n) is 5.62. The third kappa shape index (κ3) is 6.43. The van der Waals surface area contributed by atoms with Crippen LogP contribution < -0.4 is 10.1 Å². The molecule has 190 valence electrons. The first kappa shape index (κ1) is 25.7. The quantitative estimate of drug-likeness (QED) is 0.482. The van der Waals surface area contributed by atoms with Crippen LogP contribution in [0.3, 0.4) is 0 Å². The van der Waals surface area contributed by atoms with Crippen molar-refractivity contribution in [1.82, 2.24) is 10.2 Å². The number of piperidine rings is 2. The number of likely N-dealkylation sites (tertiary alicyclic amines) is 1. The van der Waals surface area contributed by atoms with Gasteiger partial charge in [-0.25, -0.2) is 0 Å². The van der Waals surface area contributed by atoms with Crippen molar-refractivity contribution in [3.05, 3.63) is 60.2 Å². The molecule has 0 saturated carbocycles. The number of amides is 1. The lowest BCUT2D eigenvalue weighted by Gasteiger charge is -2.44. The molecule has 2 aliphatic heterocycles. The number of benzene rings is 2. The van der Waals surface area contributed by atoms with Gasteiger partial charge in [-0.3, -0.25) is 4.79 Å². The van der Waals surface area contributed by atoms with Crippen molar-refractivity contribution in [3.63, 3.8) is 0 Å². The zero-order valence-corrected chi connectivity index (χ0v) is 21.0. The second-order valence-electron chi connectivity index (χ2n) is 9.93. The molecule has 2 fully saturated rings. The van der Waals surface area contributed by atoms with Crippen LogP contribution in [0.2, 0.25) is 0 Å². The first-order valence-corrected chi connectivity index (χ1v) is 13.1. The van der Waals surface area contributed by atoms with E-state index in [-0.39, 0.29) is 17.7 Å². The molecule has 35 heavy (non-hydrogen) atoms. The average molecular weight is 481 g/mol. The summed E-state index contributed by atoms with van der Waals surface area (Å²) in [5, 5.41) is 15.8. The van der Waals surface area contributed by atoms with E-state index in [2.05, 4.69) is 5.32 Å². The summed E-state index contributed by atoms with van der Waals surface area (Å²) in [5.41, 5.74) is -0.283. The van der Waals surface area contributed by atoms with Crippen LogP contribution in [0.25, 0.3) is 0 Å². The molecule has 1 unspecified atom stereocenters. The number of methoxy groups -OCH3 is 1. The zero-order valence-electron chi connectivity index (χ0n) is 21.0. The molecule has 2 aliphatic rings. The SMILES string of the molecule is COCCCCC(O)(c1ccccc1Oc1ccccc1)[C@@H]1CCCN(C(=O)C2CCNCC2)C1. The number of carbonyl (C=O) groups is 1. The van der Waals surface area contributed by atoms with Gasteiger partial charge in [0.15, 0.2) is 0 Å². The van der Waals surface area contributed by atoms with Crippen LogP contribution >= 0.6 is 0 Å². The van der Waals surface area contributed by atoms with E-state index in [1.807, 2.05) is 59.5 Å². The number of hydrogen-bond donors (Lipinski definition) is 2. The Balaban J connectivity index is 1.59. The maximum absolute atomic E-state index is 13.3. The summed E-state index contributed by atoms with van der Waals surface area (Å²) in [6.45, 7) is 3.84. The molecular formula is C29H40N2O4. The molecule has 6 nitrogen and oxygen atoms in total. The predicted octanol–water partition coefficient (Wildman–Crippen LogP) is 4.72. The van der Waals surface area contributed by atoms with E-state index in [0.29, 0.717) is 25.3 Å². The first-order valence-electron chi connectivity index (χ1n) is 13.1. The van der Waals surface area contributed by atoms with E-state index < -0.39 is 5.60 Å². The van der Waals surface area contributed by atoms with Crippen LogP contribution in [-0.4, -0.2) is 55.8 Å². The number of nitrogens with one attached hydrogen (secondary N) is 1. The highest BCUT2D eigenvalue weighted by molar-refractivity contribution is 5.79. The third-order valence-corrected chi connectivity index (χ3v) is 7.58. The molecular weight excluding hydrogens is 440 g/mol. The molecule has 2 heterocycles. The number of aliphatic hydroxyl groups is 1. The minimum absolute atomic E-state index is 0.0509. The van der Waals surface area contributed by atoms with Crippen molar-refractivity contribution in [1.29, 1.82) is 0 Å². The second kappa shape index (κ2) is 12.5. The van der Waals surface area contributed by atoms with Crippen LogP contribution in [-0.2, 0) is 15.1 Å². The van der Waals surface area contributed by atoms with Crippen molar-refractivity contribution in [3.8, 4) is 11.5 Å². The predicted molar refractivity (Wildman–Crippen MR) is 137 cm³/mol. The highest BCUT2D eigenvalue weighted by Gasteiger charge is 2.43. The summed E-state index contributed by atoms with van der Waals surface area (Å²) >= 11 is 0. The zero-order chi connectivity index (χ0) is 24.5. The van der Waals surface area contributed by atoms with Gasteiger partial charge in [0.2, 0.25) is 5.91 Å². The molecule has 0 spiro atoms. The van der Waals surface area contributed by atoms with Crippen molar-refractivity contribution in [2.75, 3.05) is 39.9 Å². The fourth-order valence-corrected chi connectivity index (χ4v) is 5.62. The van der Waals surface area contributed by atoms with Crippen LogP contribution in [0, 0.1) is 11.8 Å². The Hall–Kier alpha value is -2.41. The maximum atomic E-state index is 13.3. The van der Waals surface area contributed by atoms with Gasteiger partial charge in [-0.2, -0.15) is 0 Å². The molecule has 2 N–H and O–H groups in total. The minimum Gasteiger partial charge on any atom is -0.457 e. The van der Waals surface area contributed by atoms with Gasteiger partial charge in [0, 0.05) is 44.2 Å². The minimum atomic E-state index is -1.09. The normalized spacial score (nSPS) is 20.9. The lowest BCUT2D eigenvalue weighted by Crippen LogP contribution is -2.50. The molecule has 0 radical (unpaired) electrons. The van der Waals surface area contributed by atoms with E-state index in [9.17, 15) is 9.90 Å². The van der Waals surface area contributed by atoms with Crippen molar-refractivity contribution < 1.29 is 19.4 Å². The van der Waals surface area contributed by atoms with Crippen LogP contribution in [0.5, 0.6) is 11.5 Å². The largest absolute Gasteiger partial charge is 0.457 e. The number of para-hydroxylation sites is 2. The number of ether oxygens (including phenoxy) is 2. The molecule has 2 aromatic carbocycles. The standard InChI is InChI=1S/C29H40N2O4/c1-34-21-8-7-17-29(33,26-13-5-6-14-27(26)35-25-11-3-2-4-12-25)24-10-9-20-31(22-24)28(32)23-15-18-30-19-16-23/h2-6,11-14,23-24,30,33H,7-10,15-22H2,1H3/t24-,29?/m1/s1. The molecule has 2 aromatic rings. The summed E-state index contributed by atoms with van der Waals surface area (Å²) in [5.74, 6) is 1.72. The summed E-state index contributed by atoms with van der Waals surface area (Å²) in [4.78, 5) is 15.4. The number of carbonyl (C=O) groups excluding carboxylic acids is 1. The fraction of sp³-hybridized carbons (Fsp3) is 0.552. The Bertz CT molecular complexity index is 931. The molecule has 2 atom stereocenters. The van der Waals surface area contributed by atoms with E-state index >= 15 is 0 Å². The number of hydrogen-bond acceptors (Lipinski definition) is 5. The lowest BCUT2D eigenvalue weighted by atomic mass is 9.73. The Kier molecular flexibility index (Phi) is 9.18. The molecule has 1 amide bonds. The summed E-state index contributed by atoms with van der Waals surface area (Å²) in [6.07, 6.45) is 5.91. The second-order valence-corrected chi connectivity index (χ2v) is 9.93. The topological polar surface area (TPSA) is 71.0 Å².